The van der Waals surface area contributed by atoms with Crippen LogP contribution >= 0.6 is 0 Å². The number of nitrogens with one attached hydrogen (secondary N) is 2. The second-order valence-electron chi connectivity index (χ2n) is 6.19. The van der Waals surface area contributed by atoms with Gasteiger partial charge in [-0.05, 0) is 13.3 Å². The summed E-state index contributed by atoms with van der Waals surface area (Å²) in [4.78, 5) is 41.2. The number of rotatable bonds is 6. The summed E-state index contributed by atoms with van der Waals surface area (Å²) in [6, 6.07) is 6.10. The van der Waals surface area contributed by atoms with Crippen LogP contribution in [0, 0.1) is 10.1 Å². The molecule has 2 heterocycles. The van der Waals surface area contributed by atoms with Crippen molar-refractivity contribution in [1.82, 2.24) is 19.1 Å². The topological polar surface area (TPSA) is 140 Å². The minimum atomic E-state index is -0.554. The molecular weight excluding hydrogens is 366 g/mol. The van der Waals surface area contributed by atoms with Crippen molar-refractivity contribution in [1.29, 1.82) is 0 Å². The molecule has 3 aromatic rings. The van der Waals surface area contributed by atoms with Crippen LogP contribution in [-0.4, -0.2) is 29.7 Å². The predicted octanol–water partition coefficient (Wildman–Crippen LogP) is 1.58. The highest BCUT2D eigenvalue weighted by Gasteiger charge is 2.16. The fraction of sp³-hybridized carbons (Fsp3) is 0.294. The summed E-state index contributed by atoms with van der Waals surface area (Å²) >= 11 is 0. The van der Waals surface area contributed by atoms with Gasteiger partial charge in [-0.15, -0.1) is 0 Å². The molecule has 0 saturated heterocycles. The van der Waals surface area contributed by atoms with Gasteiger partial charge in [-0.1, -0.05) is 19.1 Å². The lowest BCUT2D eigenvalue weighted by Gasteiger charge is -2.07. The summed E-state index contributed by atoms with van der Waals surface area (Å²) in [5, 5.41) is 15.2. The van der Waals surface area contributed by atoms with Crippen LogP contribution in [0.1, 0.15) is 25.8 Å². The highest BCUT2D eigenvalue weighted by molar-refractivity contribution is 5.99. The van der Waals surface area contributed by atoms with Crippen molar-refractivity contribution in [2.24, 2.45) is 12.1 Å². The molecule has 0 unspecified atom stereocenters. The summed E-state index contributed by atoms with van der Waals surface area (Å²) in [6.45, 7) is 4.14. The SMILES string of the molecule is CCCn1c(N/N=C(\C)c2cccc([N+](=O)[O-])c2)nc2c1c(=O)[nH]c(=O)n2C. The number of hydrogen-bond donors (Lipinski definition) is 2. The molecule has 11 nitrogen and oxygen atoms in total. The quantitative estimate of drug-likeness (QED) is 0.375. The van der Waals surface area contributed by atoms with Gasteiger partial charge in [0.1, 0.15) is 0 Å². The van der Waals surface area contributed by atoms with Gasteiger partial charge < -0.3 is 4.57 Å². The van der Waals surface area contributed by atoms with Gasteiger partial charge in [0.05, 0.1) is 10.6 Å². The van der Waals surface area contributed by atoms with E-state index in [0.29, 0.717) is 23.8 Å². The van der Waals surface area contributed by atoms with Gasteiger partial charge in [0.2, 0.25) is 5.95 Å². The molecule has 0 atom stereocenters. The molecule has 0 aliphatic carbocycles. The first-order valence-electron chi connectivity index (χ1n) is 8.58. The maximum absolute atomic E-state index is 12.3. The lowest BCUT2D eigenvalue weighted by molar-refractivity contribution is -0.384. The molecule has 0 aliphatic heterocycles. The summed E-state index contributed by atoms with van der Waals surface area (Å²) in [7, 11) is 1.52. The van der Waals surface area contributed by atoms with Crippen molar-refractivity contribution in [3.8, 4) is 0 Å². The van der Waals surface area contributed by atoms with Gasteiger partial charge in [0.15, 0.2) is 11.2 Å². The third kappa shape index (κ3) is 3.41. The van der Waals surface area contributed by atoms with Crippen molar-refractivity contribution in [2.45, 2.75) is 26.8 Å². The second-order valence-corrected chi connectivity index (χ2v) is 6.19. The third-order valence-electron chi connectivity index (χ3n) is 4.25. The summed E-state index contributed by atoms with van der Waals surface area (Å²) in [6.07, 6.45) is 0.732. The molecule has 0 bridgehead atoms. The molecule has 0 fully saturated rings. The Kier molecular flexibility index (Phi) is 5.07. The first kappa shape index (κ1) is 19.0. The maximum atomic E-state index is 12.3. The molecule has 1 aromatic carbocycles. The maximum Gasteiger partial charge on any atom is 0.329 e. The average molecular weight is 385 g/mol. The van der Waals surface area contributed by atoms with E-state index in [9.17, 15) is 19.7 Å². The number of imidazole rings is 1. The Morgan fingerprint density at radius 3 is 2.82 bits per heavy atom. The number of hydrogen-bond acceptors (Lipinski definition) is 7. The van der Waals surface area contributed by atoms with E-state index in [4.69, 9.17) is 0 Å². The third-order valence-corrected chi connectivity index (χ3v) is 4.25. The number of nitro benzene ring substituents is 1. The number of anilines is 1. The lowest BCUT2D eigenvalue weighted by atomic mass is 10.1. The number of nitrogens with zero attached hydrogens (tertiary/aromatic N) is 5. The van der Waals surface area contributed by atoms with Crippen LogP contribution in [0.3, 0.4) is 0 Å². The number of aromatic nitrogens is 4. The number of nitro groups is 1. The number of benzene rings is 1. The Bertz CT molecular complexity index is 1200. The fourth-order valence-electron chi connectivity index (χ4n) is 2.80. The van der Waals surface area contributed by atoms with Crippen LogP contribution in [0.2, 0.25) is 0 Å². The highest BCUT2D eigenvalue weighted by atomic mass is 16.6. The molecule has 3 rings (SSSR count). The van der Waals surface area contributed by atoms with E-state index in [1.807, 2.05) is 6.92 Å². The van der Waals surface area contributed by atoms with E-state index in [1.54, 1.807) is 23.6 Å². The van der Waals surface area contributed by atoms with Crippen LogP contribution in [0.25, 0.3) is 11.2 Å². The standard InChI is InChI=1S/C17H19N7O4/c1-4-8-23-13-14(22(3)17(26)19-15(13)25)18-16(23)21-20-10(2)11-6-5-7-12(9-11)24(27)28/h5-7,9H,4,8H2,1-3H3,(H,18,21)(H,19,25,26)/b20-10+. The zero-order valence-electron chi connectivity index (χ0n) is 15.6. The average Bonchev–Trinajstić information content (AvgIpc) is 3.03. The number of hydrazone groups is 1. The monoisotopic (exact) mass is 385 g/mol. The van der Waals surface area contributed by atoms with E-state index < -0.39 is 16.2 Å². The van der Waals surface area contributed by atoms with Crippen molar-refractivity contribution >= 4 is 28.5 Å². The van der Waals surface area contributed by atoms with Gasteiger partial charge >= 0.3 is 5.69 Å². The minimum absolute atomic E-state index is 0.0354. The van der Waals surface area contributed by atoms with E-state index in [1.165, 1.54) is 23.7 Å². The van der Waals surface area contributed by atoms with Crippen LogP contribution in [0.15, 0.2) is 39.0 Å². The molecule has 146 valence electrons. The molecule has 28 heavy (non-hydrogen) atoms. The molecular formula is C17H19N7O4. The number of aryl methyl sites for hydroxylation is 2. The molecule has 0 radical (unpaired) electrons. The van der Waals surface area contributed by atoms with Crippen molar-refractivity contribution in [3.63, 3.8) is 0 Å². The van der Waals surface area contributed by atoms with Gasteiger partial charge in [-0.2, -0.15) is 10.1 Å². The Morgan fingerprint density at radius 1 is 1.39 bits per heavy atom. The van der Waals surface area contributed by atoms with Crippen molar-refractivity contribution < 1.29 is 4.92 Å². The molecule has 0 amide bonds. The molecule has 2 N–H and O–H groups in total. The Hall–Kier alpha value is -3.76. The number of H-pyrrole nitrogens is 1. The Labute approximate surface area is 158 Å². The number of aromatic amines is 1. The van der Waals surface area contributed by atoms with Gasteiger partial charge in [-0.25, -0.2) is 10.2 Å². The normalized spacial score (nSPS) is 11.8. The van der Waals surface area contributed by atoms with Crippen LogP contribution in [0.4, 0.5) is 11.6 Å². The van der Waals surface area contributed by atoms with Crippen LogP contribution < -0.4 is 16.7 Å². The molecule has 2 aromatic heterocycles. The van der Waals surface area contributed by atoms with Gasteiger partial charge in [-0.3, -0.25) is 24.5 Å². The summed E-state index contributed by atoms with van der Waals surface area (Å²) in [5.41, 5.74) is 3.29. The number of fused-ring (bicyclic) bond motifs is 1. The molecule has 0 saturated carbocycles. The first-order valence-corrected chi connectivity index (χ1v) is 8.58. The van der Waals surface area contributed by atoms with Crippen LogP contribution in [0.5, 0.6) is 0 Å². The number of non-ortho nitro benzene ring substituents is 1. The predicted molar refractivity (Wildman–Crippen MR) is 105 cm³/mol. The fourth-order valence-corrected chi connectivity index (χ4v) is 2.80. The zero-order valence-corrected chi connectivity index (χ0v) is 15.6. The van der Waals surface area contributed by atoms with Crippen LogP contribution in [-0.2, 0) is 13.6 Å². The Balaban J connectivity index is 2.04. The molecule has 0 spiro atoms. The molecule has 11 heteroatoms. The highest BCUT2D eigenvalue weighted by Crippen LogP contribution is 2.17. The first-order chi connectivity index (χ1) is 13.3. The zero-order chi connectivity index (χ0) is 20.4. The summed E-state index contributed by atoms with van der Waals surface area (Å²) < 4.78 is 2.91. The Morgan fingerprint density at radius 2 is 2.14 bits per heavy atom. The largest absolute Gasteiger partial charge is 0.329 e. The second kappa shape index (κ2) is 7.47. The van der Waals surface area contributed by atoms with E-state index in [2.05, 4.69) is 20.5 Å². The lowest BCUT2D eigenvalue weighted by Crippen LogP contribution is -2.29. The minimum Gasteiger partial charge on any atom is -0.303 e. The van der Waals surface area contributed by atoms with Gasteiger partial charge in [0, 0.05) is 31.3 Å². The van der Waals surface area contributed by atoms with E-state index in [-0.39, 0.29) is 16.9 Å². The van der Waals surface area contributed by atoms with E-state index in [0.717, 1.165) is 6.42 Å². The molecule has 0 aliphatic rings. The summed E-state index contributed by atoms with van der Waals surface area (Å²) in [5.74, 6) is 0.299. The smallest absolute Gasteiger partial charge is 0.303 e. The van der Waals surface area contributed by atoms with Crippen molar-refractivity contribution in [2.75, 3.05) is 5.43 Å². The van der Waals surface area contributed by atoms with E-state index >= 15 is 0 Å². The van der Waals surface area contributed by atoms with Gasteiger partial charge in [0.25, 0.3) is 11.2 Å². The van der Waals surface area contributed by atoms with Crippen molar-refractivity contribution in [3.05, 3.63) is 60.8 Å².